The molecule has 154 valence electrons. The number of amides is 1. The van der Waals surface area contributed by atoms with Crippen LogP contribution in [0.5, 0.6) is 5.75 Å². The summed E-state index contributed by atoms with van der Waals surface area (Å²) >= 11 is 0. The Bertz CT molecular complexity index is 1020. The van der Waals surface area contributed by atoms with Gasteiger partial charge in [-0.2, -0.15) is 13.2 Å². The summed E-state index contributed by atoms with van der Waals surface area (Å²) in [6, 6.07) is 20.4. The molecular weight excluding hydrogens is 395 g/mol. The molecule has 0 spiro atoms. The second-order valence-electron chi connectivity index (χ2n) is 6.79. The second-order valence-corrected chi connectivity index (χ2v) is 6.79. The summed E-state index contributed by atoms with van der Waals surface area (Å²) in [4.78, 5) is 14.7. The van der Waals surface area contributed by atoms with Crippen LogP contribution in [0.1, 0.15) is 15.9 Å². The van der Waals surface area contributed by atoms with E-state index in [1.165, 1.54) is 11.0 Å². The quantitative estimate of drug-likeness (QED) is 0.504. The minimum absolute atomic E-state index is 0.0338. The summed E-state index contributed by atoms with van der Waals surface area (Å²) in [5, 5.41) is 0. The smallest absolute Gasteiger partial charge is 0.416 e. The lowest BCUT2D eigenvalue weighted by Crippen LogP contribution is -2.27. The summed E-state index contributed by atoms with van der Waals surface area (Å²) < 4.78 is 50.7. The van der Waals surface area contributed by atoms with Gasteiger partial charge in [0.1, 0.15) is 18.5 Å². The van der Waals surface area contributed by atoms with Gasteiger partial charge in [0.25, 0.3) is 5.91 Å². The van der Waals surface area contributed by atoms with Crippen LogP contribution in [-0.4, -0.2) is 25.2 Å². The van der Waals surface area contributed by atoms with Crippen LogP contribution in [0.4, 0.5) is 24.5 Å². The van der Waals surface area contributed by atoms with Gasteiger partial charge in [0.05, 0.1) is 17.9 Å². The van der Waals surface area contributed by atoms with Crippen molar-refractivity contribution >= 4 is 17.3 Å². The molecule has 0 saturated carbocycles. The highest BCUT2D eigenvalue weighted by Gasteiger charge is 2.33. The maximum absolute atomic E-state index is 13.4. The van der Waals surface area contributed by atoms with Gasteiger partial charge in [-0.25, -0.2) is 0 Å². The van der Waals surface area contributed by atoms with E-state index in [1.54, 1.807) is 60.7 Å². The molecule has 1 fully saturated rings. The van der Waals surface area contributed by atoms with Crippen LogP contribution in [0.2, 0.25) is 0 Å². The largest absolute Gasteiger partial charge is 0.489 e. The number of alkyl halides is 3. The van der Waals surface area contributed by atoms with Gasteiger partial charge in [-0.1, -0.05) is 36.4 Å². The van der Waals surface area contributed by atoms with Gasteiger partial charge in [-0.05, 0) is 42.5 Å². The molecule has 30 heavy (non-hydrogen) atoms. The average molecular weight is 413 g/mol. The molecule has 1 amide bonds. The Balaban J connectivity index is 1.81. The molecule has 0 aliphatic carbocycles. The Kier molecular flexibility index (Phi) is 5.46. The highest BCUT2D eigenvalue weighted by Crippen LogP contribution is 2.40. The van der Waals surface area contributed by atoms with Crippen molar-refractivity contribution in [2.75, 3.05) is 18.1 Å². The van der Waals surface area contributed by atoms with Crippen molar-refractivity contribution in [3.05, 3.63) is 90.0 Å². The highest BCUT2D eigenvalue weighted by molar-refractivity contribution is 6.11. The van der Waals surface area contributed by atoms with Gasteiger partial charge in [-0.15, -0.1) is 0 Å². The summed E-state index contributed by atoms with van der Waals surface area (Å²) in [7, 11) is 0. The zero-order valence-electron chi connectivity index (χ0n) is 15.8. The Labute approximate surface area is 171 Å². The predicted octanol–water partition coefficient (Wildman–Crippen LogP) is 5.46. The van der Waals surface area contributed by atoms with Crippen molar-refractivity contribution in [2.45, 2.75) is 12.3 Å². The van der Waals surface area contributed by atoms with E-state index in [9.17, 15) is 18.0 Å². The molecule has 3 aromatic rings. The van der Waals surface area contributed by atoms with E-state index in [1.807, 2.05) is 0 Å². The van der Waals surface area contributed by atoms with E-state index in [0.717, 1.165) is 12.1 Å². The molecule has 0 radical (unpaired) electrons. The summed E-state index contributed by atoms with van der Waals surface area (Å²) in [5.41, 5.74) is 0.290. The molecule has 0 bridgehead atoms. The van der Waals surface area contributed by atoms with Crippen LogP contribution in [0.25, 0.3) is 0 Å². The number of benzene rings is 3. The summed E-state index contributed by atoms with van der Waals surface area (Å²) in [6.45, 7) is 0.607. The third-order valence-corrected chi connectivity index (χ3v) is 4.59. The molecule has 1 saturated heterocycles. The number of hydrogen-bond donors (Lipinski definition) is 0. The molecule has 7 heteroatoms. The molecule has 1 atom stereocenters. The molecular formula is C23H18F3NO3. The van der Waals surface area contributed by atoms with Crippen molar-refractivity contribution in [2.24, 2.45) is 0 Å². The average Bonchev–Trinajstić information content (AvgIpc) is 3.58. The number of para-hydroxylation sites is 1. The lowest BCUT2D eigenvalue weighted by molar-refractivity contribution is -0.137. The third kappa shape index (κ3) is 4.46. The van der Waals surface area contributed by atoms with Crippen molar-refractivity contribution < 1.29 is 27.4 Å². The Morgan fingerprint density at radius 3 is 2.23 bits per heavy atom. The van der Waals surface area contributed by atoms with Crippen molar-refractivity contribution in [3.63, 3.8) is 0 Å². The molecule has 1 unspecified atom stereocenters. The number of hydrogen-bond acceptors (Lipinski definition) is 3. The molecule has 1 heterocycles. The van der Waals surface area contributed by atoms with Crippen molar-refractivity contribution in [1.29, 1.82) is 0 Å². The Morgan fingerprint density at radius 2 is 1.63 bits per heavy atom. The van der Waals surface area contributed by atoms with Gasteiger partial charge < -0.3 is 9.47 Å². The summed E-state index contributed by atoms with van der Waals surface area (Å²) in [6.07, 6.45) is -4.68. The van der Waals surface area contributed by atoms with E-state index in [0.29, 0.717) is 17.9 Å². The third-order valence-electron chi connectivity index (χ3n) is 4.59. The van der Waals surface area contributed by atoms with Crippen LogP contribution in [0.15, 0.2) is 78.9 Å². The second kappa shape index (κ2) is 8.20. The minimum atomic E-state index is -4.53. The number of anilines is 2. The number of nitrogens with zero attached hydrogens (tertiary/aromatic N) is 1. The molecule has 0 N–H and O–H groups in total. The van der Waals surface area contributed by atoms with E-state index in [4.69, 9.17) is 9.47 Å². The first-order chi connectivity index (χ1) is 14.4. The zero-order valence-corrected chi connectivity index (χ0v) is 15.8. The number of halogens is 3. The fraction of sp³-hybridized carbons (Fsp3) is 0.174. The zero-order chi connectivity index (χ0) is 21.1. The first kappa shape index (κ1) is 20.0. The van der Waals surface area contributed by atoms with Gasteiger partial charge in [0.15, 0.2) is 0 Å². The van der Waals surface area contributed by atoms with Crippen LogP contribution in [0, 0.1) is 0 Å². The normalized spacial score (nSPS) is 15.5. The maximum atomic E-state index is 13.4. The lowest BCUT2D eigenvalue weighted by Gasteiger charge is -2.26. The SMILES string of the molecule is O=C(c1ccccc1)N(c1ccccc1)c1ccc(C(F)(F)F)cc1OCC1CO1. The maximum Gasteiger partial charge on any atom is 0.416 e. The highest BCUT2D eigenvalue weighted by atomic mass is 19.4. The Morgan fingerprint density at radius 1 is 1.00 bits per heavy atom. The molecule has 1 aliphatic rings. The van der Waals surface area contributed by atoms with E-state index in [2.05, 4.69) is 0 Å². The molecule has 1 aliphatic heterocycles. The molecule has 0 aromatic heterocycles. The number of carbonyl (C=O) groups is 1. The van der Waals surface area contributed by atoms with Crippen LogP contribution >= 0.6 is 0 Å². The lowest BCUT2D eigenvalue weighted by atomic mass is 10.1. The Hall–Kier alpha value is -3.32. The van der Waals surface area contributed by atoms with E-state index >= 15 is 0 Å². The van der Waals surface area contributed by atoms with Gasteiger partial charge in [0.2, 0.25) is 0 Å². The molecule has 3 aromatic carbocycles. The number of rotatable bonds is 6. The van der Waals surface area contributed by atoms with Crippen molar-refractivity contribution in [3.8, 4) is 5.75 Å². The summed E-state index contributed by atoms with van der Waals surface area (Å²) in [5.74, 6) is -0.414. The molecule has 4 rings (SSSR count). The van der Waals surface area contributed by atoms with Gasteiger partial charge in [-0.3, -0.25) is 9.69 Å². The molecule has 4 nitrogen and oxygen atoms in total. The number of epoxide rings is 1. The van der Waals surface area contributed by atoms with Crippen molar-refractivity contribution in [1.82, 2.24) is 0 Å². The predicted molar refractivity (Wildman–Crippen MR) is 106 cm³/mol. The van der Waals surface area contributed by atoms with Gasteiger partial charge in [0, 0.05) is 11.3 Å². The monoisotopic (exact) mass is 413 g/mol. The van der Waals surface area contributed by atoms with E-state index < -0.39 is 11.7 Å². The first-order valence-corrected chi connectivity index (χ1v) is 9.33. The van der Waals surface area contributed by atoms with Crippen LogP contribution in [-0.2, 0) is 10.9 Å². The fourth-order valence-corrected chi connectivity index (χ4v) is 2.99. The number of carbonyl (C=O) groups excluding carboxylic acids is 1. The standard InChI is InChI=1S/C23H18F3NO3/c24-23(25,26)17-11-12-20(21(13-17)30-15-19-14-29-19)27(18-9-5-2-6-10-18)22(28)16-7-3-1-4-8-16/h1-13,19H,14-15H2. The van der Waals surface area contributed by atoms with Crippen LogP contribution in [0.3, 0.4) is 0 Å². The minimum Gasteiger partial charge on any atom is -0.489 e. The van der Waals surface area contributed by atoms with E-state index in [-0.39, 0.29) is 30.1 Å². The van der Waals surface area contributed by atoms with Gasteiger partial charge >= 0.3 is 6.18 Å². The fourth-order valence-electron chi connectivity index (χ4n) is 2.99. The topological polar surface area (TPSA) is 42.1 Å². The number of ether oxygens (including phenoxy) is 2. The van der Waals surface area contributed by atoms with Crippen LogP contribution < -0.4 is 9.64 Å². The first-order valence-electron chi connectivity index (χ1n) is 9.33.